The second kappa shape index (κ2) is 9.07. The summed E-state index contributed by atoms with van der Waals surface area (Å²) in [5, 5.41) is 0. The quantitative estimate of drug-likeness (QED) is 0.671. The summed E-state index contributed by atoms with van der Waals surface area (Å²) < 4.78 is 11.7. The van der Waals surface area contributed by atoms with Gasteiger partial charge < -0.3 is 9.47 Å². The van der Waals surface area contributed by atoms with Crippen molar-refractivity contribution in [2.45, 2.75) is 103 Å². The average molecular weight is 340 g/mol. The largest absolute Gasteiger partial charge is 0.444 e. The van der Waals surface area contributed by atoms with E-state index in [-0.39, 0.29) is 12.1 Å². The molecule has 1 saturated carbocycles. The van der Waals surface area contributed by atoms with E-state index in [4.69, 9.17) is 9.47 Å². The molecule has 0 aromatic carbocycles. The van der Waals surface area contributed by atoms with Gasteiger partial charge in [-0.15, -0.1) is 0 Å². The van der Waals surface area contributed by atoms with E-state index in [1.165, 1.54) is 32.1 Å². The Bertz CT molecular complexity index is 385. The molecule has 4 nitrogen and oxygen atoms in total. The van der Waals surface area contributed by atoms with E-state index in [2.05, 4.69) is 6.92 Å². The van der Waals surface area contributed by atoms with Gasteiger partial charge in [0, 0.05) is 12.6 Å². The molecule has 1 aliphatic carbocycles. The third-order valence-corrected chi connectivity index (χ3v) is 5.23. The monoisotopic (exact) mass is 339 g/mol. The number of ether oxygens (including phenoxy) is 2. The van der Waals surface area contributed by atoms with Gasteiger partial charge in [-0.25, -0.2) is 4.79 Å². The van der Waals surface area contributed by atoms with Gasteiger partial charge >= 0.3 is 6.09 Å². The van der Waals surface area contributed by atoms with Crippen molar-refractivity contribution in [1.82, 2.24) is 4.90 Å². The van der Waals surface area contributed by atoms with Crippen LogP contribution in [0.1, 0.15) is 85.5 Å². The molecule has 1 amide bonds. The Morgan fingerprint density at radius 2 is 1.67 bits per heavy atom. The highest BCUT2D eigenvalue weighted by molar-refractivity contribution is 5.69. The van der Waals surface area contributed by atoms with E-state index >= 15 is 0 Å². The fraction of sp³-hybridized carbons (Fsp3) is 0.950. The van der Waals surface area contributed by atoms with Crippen molar-refractivity contribution in [2.75, 3.05) is 13.2 Å². The van der Waals surface area contributed by atoms with E-state index in [0.29, 0.717) is 12.6 Å². The molecular formula is C20H37NO3. The van der Waals surface area contributed by atoms with Crippen LogP contribution in [0.5, 0.6) is 0 Å². The van der Waals surface area contributed by atoms with Crippen molar-refractivity contribution in [1.29, 1.82) is 0 Å². The van der Waals surface area contributed by atoms with Crippen molar-refractivity contribution < 1.29 is 14.3 Å². The molecule has 140 valence electrons. The summed E-state index contributed by atoms with van der Waals surface area (Å²) in [6, 6.07) is 0.494. The molecule has 0 bridgehead atoms. The van der Waals surface area contributed by atoms with Gasteiger partial charge in [-0.1, -0.05) is 32.6 Å². The number of carbonyl (C=O) groups is 1. The molecule has 1 heterocycles. The molecule has 0 N–H and O–H groups in total. The predicted octanol–water partition coefficient (Wildman–Crippen LogP) is 5.15. The lowest BCUT2D eigenvalue weighted by atomic mass is 9.90. The van der Waals surface area contributed by atoms with Crippen molar-refractivity contribution >= 4 is 6.09 Å². The topological polar surface area (TPSA) is 38.8 Å². The van der Waals surface area contributed by atoms with Crippen molar-refractivity contribution in [3.8, 4) is 0 Å². The van der Waals surface area contributed by atoms with Gasteiger partial charge in [-0.2, -0.15) is 0 Å². The van der Waals surface area contributed by atoms with Gasteiger partial charge in [-0.05, 0) is 58.8 Å². The summed E-state index contributed by atoms with van der Waals surface area (Å²) in [4.78, 5) is 14.7. The number of rotatable bonds is 6. The first-order valence-corrected chi connectivity index (χ1v) is 9.99. The zero-order valence-corrected chi connectivity index (χ0v) is 16.2. The van der Waals surface area contributed by atoms with Gasteiger partial charge in [0.15, 0.2) is 0 Å². The van der Waals surface area contributed by atoms with Crippen LogP contribution in [-0.2, 0) is 9.47 Å². The summed E-state index contributed by atoms with van der Waals surface area (Å²) in [6.45, 7) is 9.51. The normalized spacial score (nSPS) is 25.9. The maximum absolute atomic E-state index is 12.7. The molecule has 0 radical (unpaired) electrons. The zero-order valence-electron chi connectivity index (χ0n) is 16.2. The number of hydrogen-bond acceptors (Lipinski definition) is 3. The Hall–Kier alpha value is -0.770. The van der Waals surface area contributed by atoms with Gasteiger partial charge in [-0.3, -0.25) is 4.90 Å². The summed E-state index contributed by atoms with van der Waals surface area (Å²) in [7, 11) is 0. The minimum Gasteiger partial charge on any atom is -0.444 e. The van der Waals surface area contributed by atoms with Crippen LogP contribution in [0.3, 0.4) is 0 Å². The lowest BCUT2D eigenvalue weighted by Crippen LogP contribution is -2.46. The lowest BCUT2D eigenvalue weighted by molar-refractivity contribution is -0.00359. The van der Waals surface area contributed by atoms with E-state index in [1.807, 2.05) is 25.7 Å². The smallest absolute Gasteiger partial charge is 0.410 e. The third-order valence-electron chi connectivity index (χ3n) is 5.23. The first-order valence-electron chi connectivity index (χ1n) is 9.99. The number of likely N-dealkylation sites (tertiary alicyclic amines) is 1. The van der Waals surface area contributed by atoms with E-state index in [0.717, 1.165) is 38.2 Å². The van der Waals surface area contributed by atoms with Gasteiger partial charge in [0.05, 0.1) is 12.6 Å². The maximum Gasteiger partial charge on any atom is 0.410 e. The van der Waals surface area contributed by atoms with Crippen LogP contribution in [0.25, 0.3) is 0 Å². The molecule has 24 heavy (non-hydrogen) atoms. The standard InChI is InChI=1S/C20H37NO3/c1-5-9-17-12-13-18(21(17)19(22)24-20(2,3)4)15-23-14-16-10-7-6-8-11-16/h16-18H,5-15H2,1-4H3/t17-,18+/m1/s1. The molecule has 1 aliphatic heterocycles. The summed E-state index contributed by atoms with van der Waals surface area (Å²) in [5.41, 5.74) is -0.441. The number of amides is 1. The second-order valence-corrected chi connectivity index (χ2v) is 8.60. The fourth-order valence-electron chi connectivity index (χ4n) is 4.08. The van der Waals surface area contributed by atoms with Gasteiger partial charge in [0.2, 0.25) is 0 Å². The highest BCUT2D eigenvalue weighted by atomic mass is 16.6. The van der Waals surface area contributed by atoms with Gasteiger partial charge in [0.1, 0.15) is 5.60 Å². The maximum atomic E-state index is 12.7. The van der Waals surface area contributed by atoms with Crippen molar-refractivity contribution in [2.24, 2.45) is 5.92 Å². The average Bonchev–Trinajstić information content (AvgIpc) is 2.90. The summed E-state index contributed by atoms with van der Waals surface area (Å²) in [5.74, 6) is 0.724. The molecule has 2 atom stereocenters. The predicted molar refractivity (Wildman–Crippen MR) is 97.2 cm³/mol. The SMILES string of the molecule is CCC[C@@H]1CC[C@@H](COCC2CCCCC2)N1C(=O)OC(C)(C)C. The molecule has 1 saturated heterocycles. The Kier molecular flexibility index (Phi) is 7.39. The molecule has 2 fully saturated rings. The van der Waals surface area contributed by atoms with E-state index in [9.17, 15) is 4.79 Å². The number of carbonyl (C=O) groups excluding carboxylic acids is 1. The molecule has 4 heteroatoms. The van der Waals surface area contributed by atoms with Crippen LogP contribution in [0.15, 0.2) is 0 Å². The zero-order chi connectivity index (χ0) is 17.6. The molecule has 0 aromatic heterocycles. The minimum atomic E-state index is -0.441. The second-order valence-electron chi connectivity index (χ2n) is 8.60. The molecule has 0 aromatic rings. The Labute approximate surface area is 148 Å². The highest BCUT2D eigenvalue weighted by Gasteiger charge is 2.38. The van der Waals surface area contributed by atoms with Crippen LogP contribution in [-0.4, -0.2) is 41.9 Å². The molecule has 0 unspecified atom stereocenters. The molecule has 2 aliphatic rings. The third kappa shape index (κ3) is 5.94. The van der Waals surface area contributed by atoms with Crippen molar-refractivity contribution in [3.05, 3.63) is 0 Å². The van der Waals surface area contributed by atoms with Crippen LogP contribution >= 0.6 is 0 Å². The first-order chi connectivity index (χ1) is 11.4. The summed E-state index contributed by atoms with van der Waals surface area (Å²) >= 11 is 0. The van der Waals surface area contributed by atoms with E-state index < -0.39 is 5.60 Å². The van der Waals surface area contributed by atoms with E-state index in [1.54, 1.807) is 0 Å². The van der Waals surface area contributed by atoms with Crippen LogP contribution in [0.2, 0.25) is 0 Å². The molecule has 0 spiro atoms. The Morgan fingerprint density at radius 1 is 1.00 bits per heavy atom. The van der Waals surface area contributed by atoms with Crippen LogP contribution in [0, 0.1) is 5.92 Å². The Balaban J connectivity index is 1.87. The van der Waals surface area contributed by atoms with Crippen molar-refractivity contribution in [3.63, 3.8) is 0 Å². The number of hydrogen-bond donors (Lipinski definition) is 0. The fourth-order valence-corrected chi connectivity index (χ4v) is 4.08. The van der Waals surface area contributed by atoms with Crippen LogP contribution < -0.4 is 0 Å². The molecular weight excluding hydrogens is 302 g/mol. The highest BCUT2D eigenvalue weighted by Crippen LogP contribution is 2.30. The minimum absolute atomic E-state index is 0.162. The van der Waals surface area contributed by atoms with Crippen LogP contribution in [0.4, 0.5) is 4.79 Å². The lowest BCUT2D eigenvalue weighted by Gasteiger charge is -2.33. The molecule has 2 rings (SSSR count). The first kappa shape index (κ1) is 19.6. The van der Waals surface area contributed by atoms with Gasteiger partial charge in [0.25, 0.3) is 0 Å². The summed E-state index contributed by atoms with van der Waals surface area (Å²) in [6.07, 6.45) is 10.8. The number of nitrogens with zero attached hydrogens (tertiary/aromatic N) is 1. The Morgan fingerprint density at radius 3 is 2.29 bits per heavy atom.